The van der Waals surface area contributed by atoms with Gasteiger partial charge in [-0.3, -0.25) is 10.1 Å². The maximum absolute atomic E-state index is 10.9. The highest BCUT2D eigenvalue weighted by Gasteiger charge is 2.22. The van der Waals surface area contributed by atoms with Gasteiger partial charge in [0.15, 0.2) is 5.03 Å². The molecule has 1 saturated carbocycles. The molecule has 2 N–H and O–H groups in total. The Morgan fingerprint density at radius 2 is 2.06 bits per heavy atom. The third-order valence-corrected chi connectivity index (χ3v) is 4.22. The Morgan fingerprint density at radius 1 is 1.35 bits per heavy atom. The summed E-state index contributed by atoms with van der Waals surface area (Å²) in [6.07, 6.45) is 5.89. The van der Waals surface area contributed by atoms with E-state index in [1.165, 1.54) is 43.2 Å². The van der Waals surface area contributed by atoms with Crippen LogP contribution in [0.2, 0.25) is 0 Å². The first-order valence-corrected chi connectivity index (χ1v) is 6.62. The molecule has 0 aromatic carbocycles. The number of rotatable bonds is 3. The lowest BCUT2D eigenvalue weighted by atomic mass is 10.0. The standard InChI is InChI=1S/C11H15N3O2S/c12-10-7-6-9(14(15)16)11(13-10)17-8-4-2-1-3-5-8/h6-8H,1-5H2,(H2,12,13). The molecule has 92 valence electrons. The minimum Gasteiger partial charge on any atom is -0.384 e. The highest BCUT2D eigenvalue weighted by atomic mass is 32.2. The van der Waals surface area contributed by atoms with Crippen LogP contribution in [0.15, 0.2) is 17.2 Å². The smallest absolute Gasteiger partial charge is 0.301 e. The molecular formula is C11H15N3O2S. The van der Waals surface area contributed by atoms with E-state index in [4.69, 9.17) is 5.73 Å². The summed E-state index contributed by atoms with van der Waals surface area (Å²) in [5, 5.41) is 11.8. The molecule has 0 bridgehead atoms. The first-order valence-electron chi connectivity index (χ1n) is 5.74. The van der Waals surface area contributed by atoms with Gasteiger partial charge >= 0.3 is 5.69 Å². The first-order chi connectivity index (χ1) is 8.16. The number of nitro groups is 1. The second-order valence-corrected chi connectivity index (χ2v) is 5.48. The predicted molar refractivity (Wildman–Crippen MR) is 68.0 cm³/mol. The Labute approximate surface area is 104 Å². The van der Waals surface area contributed by atoms with Gasteiger partial charge in [-0.15, -0.1) is 0 Å². The first kappa shape index (κ1) is 12.2. The molecule has 1 aromatic rings. The molecule has 5 nitrogen and oxygen atoms in total. The van der Waals surface area contributed by atoms with Crippen molar-refractivity contribution in [2.24, 2.45) is 0 Å². The van der Waals surface area contributed by atoms with Gasteiger partial charge in [-0.05, 0) is 18.9 Å². The molecule has 0 spiro atoms. The number of hydrogen-bond donors (Lipinski definition) is 1. The summed E-state index contributed by atoms with van der Waals surface area (Å²) >= 11 is 1.50. The summed E-state index contributed by atoms with van der Waals surface area (Å²) in [7, 11) is 0. The Morgan fingerprint density at radius 3 is 2.71 bits per heavy atom. The Kier molecular flexibility index (Phi) is 3.83. The molecule has 17 heavy (non-hydrogen) atoms. The number of hydrogen-bond acceptors (Lipinski definition) is 5. The zero-order valence-corrected chi connectivity index (χ0v) is 10.3. The van der Waals surface area contributed by atoms with Gasteiger partial charge in [0.05, 0.1) is 4.92 Å². The van der Waals surface area contributed by atoms with Crippen LogP contribution >= 0.6 is 11.8 Å². The second-order valence-electron chi connectivity index (χ2n) is 4.20. The molecule has 0 unspecified atom stereocenters. The molecule has 0 amide bonds. The maximum atomic E-state index is 10.9. The molecule has 6 heteroatoms. The minimum absolute atomic E-state index is 0.0646. The molecule has 2 rings (SSSR count). The van der Waals surface area contributed by atoms with E-state index in [1.54, 1.807) is 0 Å². The van der Waals surface area contributed by atoms with Crippen LogP contribution in [0.3, 0.4) is 0 Å². The van der Waals surface area contributed by atoms with Gasteiger partial charge in [0.25, 0.3) is 0 Å². The third-order valence-electron chi connectivity index (χ3n) is 2.89. The summed E-state index contributed by atoms with van der Waals surface area (Å²) in [4.78, 5) is 14.6. The number of aromatic nitrogens is 1. The van der Waals surface area contributed by atoms with Crippen molar-refractivity contribution >= 4 is 23.3 Å². The van der Waals surface area contributed by atoms with Crippen molar-refractivity contribution in [2.75, 3.05) is 5.73 Å². The zero-order chi connectivity index (χ0) is 12.3. The van der Waals surface area contributed by atoms with Crippen molar-refractivity contribution in [3.8, 4) is 0 Å². The third kappa shape index (κ3) is 3.09. The van der Waals surface area contributed by atoms with Crippen LogP contribution in [-0.2, 0) is 0 Å². The second kappa shape index (κ2) is 5.35. The SMILES string of the molecule is Nc1ccc([N+](=O)[O-])c(SC2CCCCC2)n1. The number of thioether (sulfide) groups is 1. The van der Waals surface area contributed by atoms with Crippen molar-refractivity contribution in [3.05, 3.63) is 22.2 Å². The van der Waals surface area contributed by atoms with E-state index in [9.17, 15) is 10.1 Å². The summed E-state index contributed by atoms with van der Waals surface area (Å²) in [5.74, 6) is 0.342. The van der Waals surface area contributed by atoms with Crippen LogP contribution in [0.25, 0.3) is 0 Å². The maximum Gasteiger partial charge on any atom is 0.301 e. The number of pyridine rings is 1. The van der Waals surface area contributed by atoms with Gasteiger partial charge in [-0.25, -0.2) is 4.98 Å². The average molecular weight is 253 g/mol. The number of anilines is 1. The topological polar surface area (TPSA) is 82.0 Å². The minimum atomic E-state index is -0.391. The van der Waals surface area contributed by atoms with Crippen LogP contribution in [-0.4, -0.2) is 15.2 Å². The Balaban J connectivity index is 2.17. The fourth-order valence-electron chi connectivity index (χ4n) is 2.01. The quantitative estimate of drug-likeness (QED) is 0.661. The highest BCUT2D eigenvalue weighted by molar-refractivity contribution is 8.00. The Bertz CT molecular complexity index is 419. The van der Waals surface area contributed by atoms with Gasteiger partial charge in [0, 0.05) is 11.3 Å². The number of nitrogen functional groups attached to an aromatic ring is 1. The predicted octanol–water partition coefficient (Wildman–Crippen LogP) is 3.00. The van der Waals surface area contributed by atoms with Gasteiger partial charge in [-0.1, -0.05) is 31.0 Å². The lowest BCUT2D eigenvalue weighted by molar-refractivity contribution is -0.388. The van der Waals surface area contributed by atoms with Gasteiger partial charge in [-0.2, -0.15) is 0 Å². The molecule has 1 fully saturated rings. The fraction of sp³-hybridized carbons (Fsp3) is 0.545. The van der Waals surface area contributed by atoms with Crippen LogP contribution in [0, 0.1) is 10.1 Å². The average Bonchev–Trinajstić information content (AvgIpc) is 2.30. The van der Waals surface area contributed by atoms with Crippen molar-refractivity contribution in [1.82, 2.24) is 4.98 Å². The normalized spacial score (nSPS) is 16.9. The van der Waals surface area contributed by atoms with Crippen molar-refractivity contribution < 1.29 is 4.92 Å². The lowest BCUT2D eigenvalue weighted by Gasteiger charge is -2.20. The molecule has 0 aliphatic heterocycles. The van der Waals surface area contributed by atoms with Gasteiger partial charge in [0.2, 0.25) is 0 Å². The number of nitrogens with two attached hydrogens (primary N) is 1. The van der Waals surface area contributed by atoms with Crippen molar-refractivity contribution in [3.63, 3.8) is 0 Å². The van der Waals surface area contributed by atoms with Crippen molar-refractivity contribution in [1.29, 1.82) is 0 Å². The lowest BCUT2D eigenvalue weighted by Crippen LogP contribution is -2.09. The van der Waals surface area contributed by atoms with E-state index in [2.05, 4.69) is 4.98 Å². The van der Waals surface area contributed by atoms with E-state index >= 15 is 0 Å². The van der Waals surface area contributed by atoms with E-state index in [0.29, 0.717) is 16.1 Å². The van der Waals surface area contributed by atoms with E-state index in [1.807, 2.05) is 0 Å². The summed E-state index contributed by atoms with van der Waals surface area (Å²) < 4.78 is 0. The molecule has 1 aliphatic carbocycles. The molecular weight excluding hydrogens is 238 g/mol. The van der Waals surface area contributed by atoms with E-state index in [0.717, 1.165) is 12.8 Å². The van der Waals surface area contributed by atoms with E-state index in [-0.39, 0.29) is 5.69 Å². The van der Waals surface area contributed by atoms with E-state index < -0.39 is 4.92 Å². The van der Waals surface area contributed by atoms with Crippen molar-refractivity contribution in [2.45, 2.75) is 42.4 Å². The summed E-state index contributed by atoms with van der Waals surface area (Å²) in [6.45, 7) is 0. The molecule has 1 aromatic heterocycles. The largest absolute Gasteiger partial charge is 0.384 e. The molecule has 0 atom stereocenters. The highest BCUT2D eigenvalue weighted by Crippen LogP contribution is 2.37. The van der Waals surface area contributed by atoms with Crippen LogP contribution in [0.4, 0.5) is 11.5 Å². The summed E-state index contributed by atoms with van der Waals surface area (Å²) in [6, 6.07) is 2.91. The number of nitrogens with zero attached hydrogens (tertiary/aromatic N) is 2. The monoisotopic (exact) mass is 253 g/mol. The molecule has 0 radical (unpaired) electrons. The summed E-state index contributed by atoms with van der Waals surface area (Å²) in [5.41, 5.74) is 5.65. The van der Waals surface area contributed by atoms with Gasteiger partial charge in [0.1, 0.15) is 5.82 Å². The van der Waals surface area contributed by atoms with Crippen LogP contribution in [0.1, 0.15) is 32.1 Å². The van der Waals surface area contributed by atoms with Crippen LogP contribution < -0.4 is 5.73 Å². The fourth-order valence-corrected chi connectivity index (χ4v) is 3.32. The van der Waals surface area contributed by atoms with Gasteiger partial charge < -0.3 is 5.73 Å². The van der Waals surface area contributed by atoms with Crippen LogP contribution in [0.5, 0.6) is 0 Å². The molecule has 1 heterocycles. The molecule has 0 saturated heterocycles. The zero-order valence-electron chi connectivity index (χ0n) is 9.46. The molecule has 1 aliphatic rings. The Hall–Kier alpha value is -1.30.